The Labute approximate surface area is 350 Å². The third-order valence-electron chi connectivity index (χ3n) is 9.54. The van der Waals surface area contributed by atoms with E-state index < -0.39 is 71.9 Å². The summed E-state index contributed by atoms with van der Waals surface area (Å²) in [4.78, 5) is 84.0. The molecule has 0 heterocycles. The Kier molecular flexibility index (Phi) is 16.6. The van der Waals surface area contributed by atoms with Crippen molar-refractivity contribution in [1.82, 2.24) is 21.3 Å². The molecule has 0 fully saturated rings. The molecule has 16 heteroatoms. The molecule has 322 valence electrons. The number of amides is 4. The molecule has 0 radical (unpaired) electrons. The summed E-state index contributed by atoms with van der Waals surface area (Å²) in [5, 5.41) is 20.1. The summed E-state index contributed by atoms with van der Waals surface area (Å²) in [6, 6.07) is 19.3. The molecule has 60 heavy (non-hydrogen) atoms. The van der Waals surface area contributed by atoms with Gasteiger partial charge in [0.15, 0.2) is 5.96 Å². The van der Waals surface area contributed by atoms with Gasteiger partial charge in [0.05, 0.1) is 6.42 Å². The predicted molar refractivity (Wildman–Crippen MR) is 225 cm³/mol. The quantitative estimate of drug-likeness (QED) is 0.0376. The molecule has 3 aromatic rings. The van der Waals surface area contributed by atoms with Crippen molar-refractivity contribution >= 4 is 41.7 Å². The lowest BCUT2D eigenvalue weighted by Crippen LogP contribution is -2.58. The van der Waals surface area contributed by atoms with E-state index in [1.54, 1.807) is 51.1 Å². The van der Waals surface area contributed by atoms with Gasteiger partial charge in [-0.3, -0.25) is 24.2 Å². The van der Waals surface area contributed by atoms with Crippen LogP contribution in [0.2, 0.25) is 0 Å². The number of guanidine groups is 1. The number of nitrogens with two attached hydrogens (primary N) is 2. The summed E-state index contributed by atoms with van der Waals surface area (Å²) in [6.45, 7) is 8.77. The second-order valence-corrected chi connectivity index (χ2v) is 16.1. The molecule has 16 nitrogen and oxygen atoms in total. The Bertz CT molecular complexity index is 1970. The zero-order valence-electron chi connectivity index (χ0n) is 34.7. The molecule has 1 aliphatic carbocycles. The molecule has 0 saturated heterocycles. The highest BCUT2D eigenvalue weighted by Gasteiger charge is 2.35. The highest BCUT2D eigenvalue weighted by atomic mass is 16.6. The third kappa shape index (κ3) is 14.1. The Morgan fingerprint density at radius 1 is 0.733 bits per heavy atom. The molecule has 0 bridgehead atoms. The third-order valence-corrected chi connectivity index (χ3v) is 9.54. The number of benzene rings is 3. The van der Waals surface area contributed by atoms with Gasteiger partial charge < -0.3 is 47.3 Å². The first kappa shape index (κ1) is 46.2. The number of esters is 1. The van der Waals surface area contributed by atoms with Crippen molar-refractivity contribution in [3.8, 4) is 11.1 Å². The van der Waals surface area contributed by atoms with Crippen LogP contribution in [-0.2, 0) is 39.9 Å². The molecular weight excluding hydrogens is 771 g/mol. The Balaban J connectivity index is 1.54. The maximum Gasteiger partial charge on any atom is 0.407 e. The second-order valence-electron chi connectivity index (χ2n) is 16.1. The van der Waals surface area contributed by atoms with E-state index in [4.69, 9.17) is 20.9 Å². The number of hydrogen-bond donors (Lipinski definition) is 7. The molecule has 3 aromatic carbocycles. The van der Waals surface area contributed by atoms with Crippen LogP contribution >= 0.6 is 0 Å². The summed E-state index contributed by atoms with van der Waals surface area (Å²) >= 11 is 0. The standard InChI is InChI=1S/C44H57N7O9/c1-26(2)22-36(41(57)60-44(3,4)5)50-40(56)35(24-37(52)53)49-38(54)33(20-13-21-47-42(45)46)48-39(55)34(23-27-14-7-6-8-15-27)51-43(58)59-25-32-30-18-11-9-16-28(30)29-17-10-12-19-31(29)32/h6-12,14-19,26,32-36H,13,20-25H2,1-5H3,(H,48,55)(H,49,54)(H,50,56)(H,51,58)(H,52,53)(H4,45,46,47)/t33-,34-,35-,36-/m0/s1. The number of carbonyl (C=O) groups excluding carboxylic acids is 5. The maximum atomic E-state index is 14.1. The van der Waals surface area contributed by atoms with Crippen LogP contribution in [0.15, 0.2) is 83.9 Å². The van der Waals surface area contributed by atoms with Gasteiger partial charge >= 0.3 is 18.0 Å². The van der Waals surface area contributed by atoms with E-state index in [0.29, 0.717) is 5.56 Å². The van der Waals surface area contributed by atoms with Crippen LogP contribution in [-0.4, -0.2) is 89.7 Å². The van der Waals surface area contributed by atoms with Crippen molar-refractivity contribution in [1.29, 1.82) is 0 Å². The van der Waals surface area contributed by atoms with E-state index in [1.807, 2.05) is 62.4 Å². The number of carboxylic acid groups (broad SMARTS) is 1. The zero-order valence-corrected chi connectivity index (χ0v) is 34.7. The molecule has 0 unspecified atom stereocenters. The van der Waals surface area contributed by atoms with E-state index in [1.165, 1.54) is 0 Å². The van der Waals surface area contributed by atoms with Crippen LogP contribution in [0.1, 0.15) is 82.9 Å². The fourth-order valence-corrected chi connectivity index (χ4v) is 6.87. The predicted octanol–water partition coefficient (Wildman–Crippen LogP) is 3.51. The van der Waals surface area contributed by atoms with Crippen LogP contribution < -0.4 is 32.7 Å². The number of nitrogens with zero attached hydrogens (tertiary/aromatic N) is 1. The molecular formula is C44H57N7O9. The lowest BCUT2D eigenvalue weighted by molar-refractivity contribution is -0.159. The maximum absolute atomic E-state index is 14.1. The number of carboxylic acids is 1. The summed E-state index contributed by atoms with van der Waals surface area (Å²) in [5.74, 6) is -5.20. The van der Waals surface area contributed by atoms with Gasteiger partial charge in [0.2, 0.25) is 17.7 Å². The molecule has 0 spiro atoms. The van der Waals surface area contributed by atoms with Gasteiger partial charge in [0, 0.05) is 18.9 Å². The number of fused-ring (bicyclic) bond motifs is 3. The molecule has 4 rings (SSSR count). The zero-order chi connectivity index (χ0) is 44.0. The highest BCUT2D eigenvalue weighted by molar-refractivity contribution is 5.96. The summed E-state index contributed by atoms with van der Waals surface area (Å²) < 4.78 is 11.2. The van der Waals surface area contributed by atoms with Crippen LogP contribution in [0.4, 0.5) is 4.79 Å². The minimum Gasteiger partial charge on any atom is -0.481 e. The Morgan fingerprint density at radius 3 is 1.83 bits per heavy atom. The van der Waals surface area contributed by atoms with Crippen molar-refractivity contribution < 1.29 is 43.3 Å². The monoisotopic (exact) mass is 827 g/mol. The largest absolute Gasteiger partial charge is 0.481 e. The van der Waals surface area contributed by atoms with Crippen molar-refractivity contribution in [3.63, 3.8) is 0 Å². The lowest BCUT2D eigenvalue weighted by atomic mass is 9.98. The second kappa shape index (κ2) is 21.5. The SMILES string of the molecule is CC(C)C[C@H](NC(=O)[C@H](CC(=O)O)NC(=O)[C@H](CCCN=C(N)N)NC(=O)[C@H](Cc1ccccc1)NC(=O)OCC1c2ccccc2-c2ccccc21)C(=O)OC(C)(C)C. The summed E-state index contributed by atoms with van der Waals surface area (Å²) in [6.07, 6.45) is -1.37. The number of nitrogens with one attached hydrogen (secondary N) is 4. The summed E-state index contributed by atoms with van der Waals surface area (Å²) in [5.41, 5.74) is 14.9. The van der Waals surface area contributed by atoms with E-state index in [0.717, 1.165) is 22.3 Å². The van der Waals surface area contributed by atoms with Crippen LogP contribution in [0, 0.1) is 5.92 Å². The smallest absolute Gasteiger partial charge is 0.407 e. The molecule has 0 aromatic heterocycles. The van der Waals surface area contributed by atoms with Gasteiger partial charge in [-0.1, -0.05) is 92.7 Å². The molecule has 4 amide bonds. The van der Waals surface area contributed by atoms with Crippen molar-refractivity contribution in [2.75, 3.05) is 13.2 Å². The van der Waals surface area contributed by atoms with Gasteiger partial charge in [-0.2, -0.15) is 0 Å². The topological polar surface area (TPSA) is 254 Å². The molecule has 0 saturated carbocycles. The van der Waals surface area contributed by atoms with Crippen molar-refractivity contribution in [3.05, 3.63) is 95.6 Å². The van der Waals surface area contributed by atoms with E-state index in [-0.39, 0.29) is 56.6 Å². The molecule has 1 aliphatic rings. The van der Waals surface area contributed by atoms with Crippen molar-refractivity contribution in [2.24, 2.45) is 22.4 Å². The van der Waals surface area contributed by atoms with Gasteiger partial charge in [-0.25, -0.2) is 9.59 Å². The minimum absolute atomic E-state index is 0.00561. The number of aliphatic imine (C=N–C) groups is 1. The Morgan fingerprint density at radius 2 is 1.27 bits per heavy atom. The number of ether oxygens (including phenoxy) is 2. The van der Waals surface area contributed by atoms with Crippen LogP contribution in [0.25, 0.3) is 11.1 Å². The Hall–Kier alpha value is -6.45. The fraction of sp³-hybridized carbons (Fsp3) is 0.432. The fourth-order valence-electron chi connectivity index (χ4n) is 6.87. The first-order valence-corrected chi connectivity index (χ1v) is 20.0. The normalized spacial score (nSPS) is 14.0. The van der Waals surface area contributed by atoms with Gasteiger partial charge in [-0.05, 0) is 73.8 Å². The first-order chi connectivity index (χ1) is 28.4. The number of carbonyl (C=O) groups is 6. The highest BCUT2D eigenvalue weighted by Crippen LogP contribution is 2.44. The van der Waals surface area contributed by atoms with E-state index >= 15 is 0 Å². The number of aliphatic carboxylic acids is 1. The summed E-state index contributed by atoms with van der Waals surface area (Å²) in [7, 11) is 0. The van der Waals surface area contributed by atoms with Gasteiger partial charge in [-0.15, -0.1) is 0 Å². The average molecular weight is 828 g/mol. The number of alkyl carbamates (subject to hydrolysis) is 1. The lowest BCUT2D eigenvalue weighted by Gasteiger charge is -2.28. The number of hydrogen-bond acceptors (Lipinski definition) is 9. The van der Waals surface area contributed by atoms with Gasteiger partial charge in [0.1, 0.15) is 36.4 Å². The molecule has 9 N–H and O–H groups in total. The molecule has 4 atom stereocenters. The first-order valence-electron chi connectivity index (χ1n) is 20.0. The molecule has 0 aliphatic heterocycles. The minimum atomic E-state index is -1.65. The van der Waals surface area contributed by atoms with Gasteiger partial charge in [0.25, 0.3) is 0 Å². The average Bonchev–Trinajstić information content (AvgIpc) is 3.50. The van der Waals surface area contributed by atoms with Crippen LogP contribution in [0.3, 0.4) is 0 Å². The number of rotatable bonds is 20. The van der Waals surface area contributed by atoms with Crippen LogP contribution in [0.5, 0.6) is 0 Å². The van der Waals surface area contributed by atoms with E-state index in [9.17, 15) is 33.9 Å². The van der Waals surface area contributed by atoms with Crippen molar-refractivity contribution in [2.45, 2.75) is 102 Å². The van der Waals surface area contributed by atoms with E-state index in [2.05, 4.69) is 26.3 Å².